The maximum atomic E-state index is 9.57. The minimum absolute atomic E-state index is 0.0258. The highest BCUT2D eigenvalue weighted by atomic mass is 16.3. The van der Waals surface area contributed by atoms with Gasteiger partial charge in [0.25, 0.3) is 0 Å². The lowest BCUT2D eigenvalue weighted by atomic mass is 10.2. The van der Waals surface area contributed by atoms with Crippen LogP contribution in [-0.2, 0) is 6.61 Å². The molecule has 1 aromatic rings. The molecule has 1 saturated heterocycles. The number of aromatic nitrogens is 2. The largest absolute Gasteiger partial charge is 0.390 e. The van der Waals surface area contributed by atoms with E-state index in [1.165, 1.54) is 0 Å². The molecule has 0 unspecified atom stereocenters. The Kier molecular flexibility index (Phi) is 4.94. The van der Waals surface area contributed by atoms with Gasteiger partial charge in [0, 0.05) is 38.1 Å². The van der Waals surface area contributed by atoms with Gasteiger partial charge in [-0.05, 0) is 13.8 Å². The number of nitrogens with zero attached hydrogens (tertiary/aromatic N) is 4. The van der Waals surface area contributed by atoms with Crippen LogP contribution in [0.1, 0.15) is 45.1 Å². The Morgan fingerprint density at radius 2 is 1.80 bits per heavy atom. The second-order valence-corrected chi connectivity index (χ2v) is 5.99. The maximum Gasteiger partial charge on any atom is 0.131 e. The lowest BCUT2D eigenvalue weighted by Crippen LogP contribution is -2.49. The van der Waals surface area contributed by atoms with Gasteiger partial charge in [0.15, 0.2) is 0 Å². The van der Waals surface area contributed by atoms with Gasteiger partial charge in [-0.15, -0.1) is 0 Å². The molecule has 1 aromatic heterocycles. The molecule has 112 valence electrons. The monoisotopic (exact) mass is 278 g/mol. The molecule has 5 nitrogen and oxygen atoms in total. The Morgan fingerprint density at radius 3 is 2.30 bits per heavy atom. The summed E-state index contributed by atoms with van der Waals surface area (Å²) in [7, 11) is 0. The molecule has 0 saturated carbocycles. The van der Waals surface area contributed by atoms with Crippen LogP contribution in [0, 0.1) is 0 Å². The molecule has 1 N–H and O–H groups in total. The number of hydrogen-bond donors (Lipinski definition) is 1. The van der Waals surface area contributed by atoms with Crippen molar-refractivity contribution in [2.45, 2.75) is 46.3 Å². The quantitative estimate of drug-likeness (QED) is 0.907. The van der Waals surface area contributed by atoms with E-state index < -0.39 is 0 Å². The smallest absolute Gasteiger partial charge is 0.131 e. The second-order valence-electron chi connectivity index (χ2n) is 5.99. The highest BCUT2D eigenvalue weighted by molar-refractivity contribution is 5.49. The average Bonchev–Trinajstić information content (AvgIpc) is 2.46. The van der Waals surface area contributed by atoms with Crippen molar-refractivity contribution in [2.75, 3.05) is 31.1 Å². The van der Waals surface area contributed by atoms with Crippen LogP contribution in [-0.4, -0.2) is 52.2 Å². The Labute approximate surface area is 121 Å². The van der Waals surface area contributed by atoms with Gasteiger partial charge in [-0.3, -0.25) is 4.90 Å². The Balaban J connectivity index is 2.13. The third-order valence-corrected chi connectivity index (χ3v) is 3.92. The molecule has 0 amide bonds. The molecule has 0 aromatic carbocycles. The number of aliphatic hydroxyl groups is 1. The lowest BCUT2D eigenvalue weighted by Gasteiger charge is -2.38. The van der Waals surface area contributed by atoms with Crippen molar-refractivity contribution >= 4 is 5.69 Å². The molecule has 0 spiro atoms. The van der Waals surface area contributed by atoms with Crippen molar-refractivity contribution in [3.05, 3.63) is 17.7 Å². The zero-order valence-corrected chi connectivity index (χ0v) is 13.0. The molecule has 0 aliphatic carbocycles. The fraction of sp³-hybridized carbons (Fsp3) is 0.733. The summed E-state index contributed by atoms with van der Waals surface area (Å²) in [5.74, 6) is 1.09. The molecule has 0 atom stereocenters. The number of anilines is 1. The first-order valence-electron chi connectivity index (χ1n) is 7.48. The van der Waals surface area contributed by atoms with Gasteiger partial charge in [-0.2, -0.15) is 0 Å². The van der Waals surface area contributed by atoms with Crippen LogP contribution in [0.2, 0.25) is 0 Å². The second kappa shape index (κ2) is 6.50. The summed E-state index contributed by atoms with van der Waals surface area (Å²) >= 11 is 0. The summed E-state index contributed by atoms with van der Waals surface area (Å²) in [4.78, 5) is 13.7. The van der Waals surface area contributed by atoms with Crippen LogP contribution in [0.25, 0.3) is 0 Å². The summed E-state index contributed by atoms with van der Waals surface area (Å²) in [6.07, 6.45) is 1.87. The molecule has 1 fully saturated rings. The highest BCUT2D eigenvalue weighted by Crippen LogP contribution is 2.22. The number of hydrogen-bond acceptors (Lipinski definition) is 5. The van der Waals surface area contributed by atoms with E-state index in [1.54, 1.807) is 0 Å². The van der Waals surface area contributed by atoms with Gasteiger partial charge >= 0.3 is 0 Å². The zero-order valence-electron chi connectivity index (χ0n) is 13.0. The average molecular weight is 278 g/mol. The lowest BCUT2D eigenvalue weighted by molar-refractivity contribution is 0.208. The summed E-state index contributed by atoms with van der Waals surface area (Å²) in [6, 6.07) is 0.592. The van der Waals surface area contributed by atoms with Gasteiger partial charge in [0.2, 0.25) is 0 Å². The molecule has 1 aliphatic rings. The van der Waals surface area contributed by atoms with Crippen LogP contribution in [0.3, 0.4) is 0 Å². The Morgan fingerprint density at radius 1 is 1.15 bits per heavy atom. The number of aliphatic hydroxyl groups excluding tert-OH is 1. The van der Waals surface area contributed by atoms with E-state index in [1.807, 2.05) is 6.20 Å². The van der Waals surface area contributed by atoms with Crippen molar-refractivity contribution in [1.82, 2.24) is 14.9 Å². The fourth-order valence-electron chi connectivity index (χ4n) is 2.56. The van der Waals surface area contributed by atoms with Crippen molar-refractivity contribution < 1.29 is 5.11 Å². The van der Waals surface area contributed by atoms with E-state index in [0.29, 0.717) is 6.04 Å². The molecule has 1 aliphatic heterocycles. The van der Waals surface area contributed by atoms with Crippen LogP contribution in [0.5, 0.6) is 0 Å². The minimum Gasteiger partial charge on any atom is -0.390 e. The normalized spacial score (nSPS) is 17.2. The SMILES string of the molecule is CC(C)c1ncc(N2CCN(C(C)C)CC2)c(CO)n1. The molecule has 5 heteroatoms. The molecule has 20 heavy (non-hydrogen) atoms. The van der Waals surface area contributed by atoms with Crippen LogP contribution >= 0.6 is 0 Å². The molecule has 0 bridgehead atoms. The fourth-order valence-corrected chi connectivity index (χ4v) is 2.56. The van der Waals surface area contributed by atoms with Crippen molar-refractivity contribution in [1.29, 1.82) is 0 Å². The van der Waals surface area contributed by atoms with Gasteiger partial charge in [-0.25, -0.2) is 9.97 Å². The molecular formula is C15H26N4O. The van der Waals surface area contributed by atoms with Crippen molar-refractivity contribution in [2.24, 2.45) is 0 Å². The minimum atomic E-state index is -0.0258. The van der Waals surface area contributed by atoms with E-state index in [2.05, 4.69) is 47.5 Å². The predicted octanol–water partition coefficient (Wildman–Crippen LogP) is 1.62. The van der Waals surface area contributed by atoms with E-state index in [4.69, 9.17) is 0 Å². The zero-order chi connectivity index (χ0) is 14.7. The third kappa shape index (κ3) is 3.27. The molecule has 0 radical (unpaired) electrons. The predicted molar refractivity (Wildman–Crippen MR) is 81.0 cm³/mol. The number of rotatable bonds is 4. The van der Waals surface area contributed by atoms with Crippen molar-refractivity contribution in [3.63, 3.8) is 0 Å². The molecule has 2 heterocycles. The van der Waals surface area contributed by atoms with Crippen molar-refractivity contribution in [3.8, 4) is 0 Å². The summed E-state index contributed by atoms with van der Waals surface area (Å²) in [6.45, 7) is 12.6. The first kappa shape index (κ1) is 15.2. The third-order valence-electron chi connectivity index (χ3n) is 3.92. The van der Waals surface area contributed by atoms with E-state index in [-0.39, 0.29) is 12.5 Å². The molecular weight excluding hydrogens is 252 g/mol. The van der Waals surface area contributed by atoms with Crippen LogP contribution in [0.4, 0.5) is 5.69 Å². The standard InChI is InChI=1S/C15H26N4O/c1-11(2)15-16-9-14(13(10-20)17-15)19-7-5-18(6-8-19)12(3)4/h9,11-12,20H,5-8,10H2,1-4H3. The summed E-state index contributed by atoms with van der Waals surface area (Å²) in [5, 5.41) is 9.57. The van der Waals surface area contributed by atoms with Gasteiger partial charge < -0.3 is 10.0 Å². The van der Waals surface area contributed by atoms with Gasteiger partial charge in [0.1, 0.15) is 5.82 Å². The summed E-state index contributed by atoms with van der Waals surface area (Å²) < 4.78 is 0. The first-order valence-corrected chi connectivity index (χ1v) is 7.48. The topological polar surface area (TPSA) is 52.5 Å². The van der Waals surface area contributed by atoms with Crippen LogP contribution in [0.15, 0.2) is 6.20 Å². The highest BCUT2D eigenvalue weighted by Gasteiger charge is 2.21. The first-order chi connectivity index (χ1) is 9.52. The van der Waals surface area contributed by atoms with Gasteiger partial charge in [-0.1, -0.05) is 13.8 Å². The van der Waals surface area contributed by atoms with Gasteiger partial charge in [0.05, 0.1) is 24.2 Å². The van der Waals surface area contributed by atoms with E-state index in [0.717, 1.165) is 43.4 Å². The van der Waals surface area contributed by atoms with Crippen LogP contribution < -0.4 is 4.90 Å². The van der Waals surface area contributed by atoms with E-state index >= 15 is 0 Å². The van der Waals surface area contributed by atoms with E-state index in [9.17, 15) is 5.11 Å². The maximum absolute atomic E-state index is 9.57. The Bertz CT molecular complexity index is 439. The number of piperazine rings is 1. The Hall–Kier alpha value is -1.20. The summed E-state index contributed by atoms with van der Waals surface area (Å²) in [5.41, 5.74) is 1.74. The molecule has 2 rings (SSSR count).